The Balaban J connectivity index is 2.40. The first-order valence-corrected chi connectivity index (χ1v) is 7.27. The summed E-state index contributed by atoms with van der Waals surface area (Å²) in [5, 5.41) is 19.7. The monoisotopic (exact) mass is 302 g/mol. The fourth-order valence-corrected chi connectivity index (χ4v) is 3.72. The fourth-order valence-electron chi connectivity index (χ4n) is 1.95. The van der Waals surface area contributed by atoms with Gasteiger partial charge in [-0.2, -0.15) is 4.31 Å². The number of aliphatic hydroxyl groups is 1. The molecular weight excluding hydrogens is 288 g/mol. The number of ether oxygens (including phenoxy) is 1. The van der Waals surface area contributed by atoms with Crippen molar-refractivity contribution in [3.05, 3.63) is 28.3 Å². The Labute approximate surface area is 115 Å². The van der Waals surface area contributed by atoms with Gasteiger partial charge in [-0.25, -0.2) is 8.42 Å². The average Bonchev–Trinajstić information content (AvgIpc) is 2.36. The normalized spacial score (nSPS) is 16.7. The lowest BCUT2D eigenvalue weighted by molar-refractivity contribution is -0.385. The first-order chi connectivity index (χ1) is 9.40. The largest absolute Gasteiger partial charge is 0.495 e. The van der Waals surface area contributed by atoms with E-state index in [9.17, 15) is 18.5 Å². The molecule has 9 heteroatoms. The molecule has 1 aliphatic rings. The van der Waals surface area contributed by atoms with E-state index < -0.39 is 14.9 Å². The third kappa shape index (κ3) is 2.47. The number of methoxy groups -OCH3 is 1. The van der Waals surface area contributed by atoms with Crippen LogP contribution >= 0.6 is 0 Å². The van der Waals surface area contributed by atoms with Crippen LogP contribution < -0.4 is 4.74 Å². The lowest BCUT2D eigenvalue weighted by Gasteiger charge is -2.37. The topological polar surface area (TPSA) is 110 Å². The summed E-state index contributed by atoms with van der Waals surface area (Å²) in [6, 6.07) is 3.43. The first-order valence-electron chi connectivity index (χ1n) is 5.83. The smallest absolute Gasteiger partial charge is 0.271 e. The highest BCUT2D eigenvalue weighted by molar-refractivity contribution is 7.89. The summed E-state index contributed by atoms with van der Waals surface area (Å²) in [6.07, 6.45) is 0. The van der Waals surface area contributed by atoms with E-state index in [1.807, 2.05) is 0 Å². The number of sulfonamides is 1. The molecule has 0 radical (unpaired) electrons. The molecule has 1 heterocycles. The van der Waals surface area contributed by atoms with Crippen molar-refractivity contribution in [3.8, 4) is 5.75 Å². The third-order valence-corrected chi connectivity index (χ3v) is 5.01. The van der Waals surface area contributed by atoms with Gasteiger partial charge in [-0.1, -0.05) is 0 Å². The number of hydrogen-bond acceptors (Lipinski definition) is 6. The molecule has 2 rings (SSSR count). The molecule has 0 aliphatic carbocycles. The van der Waals surface area contributed by atoms with E-state index in [2.05, 4.69) is 0 Å². The minimum atomic E-state index is -3.85. The molecule has 1 aromatic carbocycles. The van der Waals surface area contributed by atoms with E-state index in [1.165, 1.54) is 19.2 Å². The number of benzene rings is 1. The number of nitro groups is 1. The predicted octanol–water partition coefficient (Wildman–Crippen LogP) is 0.216. The number of aliphatic hydroxyl groups excluding tert-OH is 1. The molecular formula is C11H14N2O6S. The quantitative estimate of drug-likeness (QED) is 0.615. The van der Waals surface area contributed by atoms with Gasteiger partial charge in [0.2, 0.25) is 10.0 Å². The maximum atomic E-state index is 12.4. The van der Waals surface area contributed by atoms with E-state index >= 15 is 0 Å². The summed E-state index contributed by atoms with van der Waals surface area (Å²) in [6.45, 7) is 0.313. The Kier molecular flexibility index (Phi) is 3.93. The molecule has 110 valence electrons. The van der Waals surface area contributed by atoms with Crippen LogP contribution in [0.25, 0.3) is 0 Å². The lowest BCUT2D eigenvalue weighted by atomic mass is 10.1. The van der Waals surface area contributed by atoms with Crippen molar-refractivity contribution in [2.75, 3.05) is 26.8 Å². The van der Waals surface area contributed by atoms with Gasteiger partial charge < -0.3 is 9.84 Å². The Morgan fingerprint density at radius 2 is 2.15 bits per heavy atom. The molecule has 0 bridgehead atoms. The molecule has 1 saturated heterocycles. The summed E-state index contributed by atoms with van der Waals surface area (Å²) in [5.41, 5.74) is -0.316. The van der Waals surface area contributed by atoms with Crippen molar-refractivity contribution in [1.82, 2.24) is 4.31 Å². The molecule has 20 heavy (non-hydrogen) atoms. The molecule has 1 aliphatic heterocycles. The van der Waals surface area contributed by atoms with Gasteiger partial charge >= 0.3 is 0 Å². The number of nitrogens with zero attached hydrogens (tertiary/aromatic N) is 2. The number of rotatable bonds is 5. The summed E-state index contributed by atoms with van der Waals surface area (Å²) < 4.78 is 30.9. The van der Waals surface area contributed by atoms with Gasteiger partial charge in [0.05, 0.1) is 12.0 Å². The highest BCUT2D eigenvalue weighted by Gasteiger charge is 2.38. The molecule has 0 unspecified atom stereocenters. The van der Waals surface area contributed by atoms with Gasteiger partial charge in [-0.05, 0) is 6.07 Å². The molecule has 1 fully saturated rings. The Hall–Kier alpha value is -1.71. The molecule has 0 amide bonds. The van der Waals surface area contributed by atoms with Crippen molar-refractivity contribution in [3.63, 3.8) is 0 Å². The molecule has 0 spiro atoms. The van der Waals surface area contributed by atoms with Gasteiger partial charge in [0.15, 0.2) is 0 Å². The number of hydrogen-bond donors (Lipinski definition) is 1. The zero-order valence-electron chi connectivity index (χ0n) is 10.7. The second kappa shape index (κ2) is 5.35. The predicted molar refractivity (Wildman–Crippen MR) is 69.0 cm³/mol. The molecule has 0 aromatic heterocycles. The highest BCUT2D eigenvalue weighted by atomic mass is 32.2. The number of non-ortho nitro benzene ring substituents is 1. The SMILES string of the molecule is COc1ccc([N+](=O)[O-])cc1S(=O)(=O)N1CC(CO)C1. The van der Waals surface area contributed by atoms with Gasteiger partial charge in [0.1, 0.15) is 10.6 Å². The fraction of sp³-hybridized carbons (Fsp3) is 0.455. The van der Waals surface area contributed by atoms with E-state index in [0.29, 0.717) is 0 Å². The van der Waals surface area contributed by atoms with Crippen molar-refractivity contribution in [2.45, 2.75) is 4.90 Å². The summed E-state index contributed by atoms with van der Waals surface area (Å²) >= 11 is 0. The van der Waals surface area contributed by atoms with E-state index in [1.54, 1.807) is 0 Å². The van der Waals surface area contributed by atoms with Crippen LogP contribution in [-0.2, 0) is 10.0 Å². The van der Waals surface area contributed by atoms with Gasteiger partial charge in [0, 0.05) is 37.7 Å². The van der Waals surface area contributed by atoms with Crippen LogP contribution in [0.5, 0.6) is 5.75 Å². The van der Waals surface area contributed by atoms with Crippen LogP contribution in [0.15, 0.2) is 23.1 Å². The molecule has 1 N–H and O–H groups in total. The maximum absolute atomic E-state index is 12.4. The van der Waals surface area contributed by atoms with Crippen LogP contribution in [0.1, 0.15) is 0 Å². The summed E-state index contributed by atoms with van der Waals surface area (Å²) in [7, 11) is -2.55. The van der Waals surface area contributed by atoms with Crippen LogP contribution in [0.3, 0.4) is 0 Å². The molecule has 0 atom stereocenters. The average molecular weight is 302 g/mol. The third-order valence-electron chi connectivity index (χ3n) is 3.16. The van der Waals surface area contributed by atoms with Crippen LogP contribution in [0, 0.1) is 16.0 Å². The maximum Gasteiger partial charge on any atom is 0.271 e. The second-order valence-corrected chi connectivity index (χ2v) is 6.37. The minimum absolute atomic E-state index is 0.0584. The second-order valence-electron chi connectivity index (χ2n) is 4.46. The zero-order valence-corrected chi connectivity index (χ0v) is 11.5. The van der Waals surface area contributed by atoms with Crippen molar-refractivity contribution in [1.29, 1.82) is 0 Å². The first kappa shape index (κ1) is 14.7. The van der Waals surface area contributed by atoms with Crippen LogP contribution in [0.2, 0.25) is 0 Å². The summed E-state index contributed by atoms with van der Waals surface area (Å²) in [4.78, 5) is 9.86. The van der Waals surface area contributed by atoms with Crippen molar-refractivity contribution in [2.24, 2.45) is 5.92 Å². The Bertz CT molecular complexity index is 624. The van der Waals surface area contributed by atoms with Gasteiger partial charge in [-0.3, -0.25) is 10.1 Å². The minimum Gasteiger partial charge on any atom is -0.495 e. The highest BCUT2D eigenvalue weighted by Crippen LogP contribution is 2.33. The lowest BCUT2D eigenvalue weighted by Crippen LogP contribution is -2.51. The van der Waals surface area contributed by atoms with Crippen LogP contribution in [0.4, 0.5) is 5.69 Å². The van der Waals surface area contributed by atoms with Crippen molar-refractivity contribution >= 4 is 15.7 Å². The molecule has 8 nitrogen and oxygen atoms in total. The van der Waals surface area contributed by atoms with E-state index in [-0.39, 0.29) is 41.9 Å². The van der Waals surface area contributed by atoms with E-state index in [0.717, 1.165) is 10.4 Å². The zero-order chi connectivity index (χ0) is 14.9. The number of nitro benzene ring substituents is 1. The molecule has 0 saturated carbocycles. The Morgan fingerprint density at radius 1 is 1.50 bits per heavy atom. The Morgan fingerprint density at radius 3 is 2.65 bits per heavy atom. The summed E-state index contributed by atoms with van der Waals surface area (Å²) in [5.74, 6) is -0.0301. The standard InChI is InChI=1S/C11H14N2O6S/c1-19-10-3-2-9(13(15)16)4-11(10)20(17,18)12-5-8(6-12)7-14/h2-4,8,14H,5-7H2,1H3. The van der Waals surface area contributed by atoms with E-state index in [4.69, 9.17) is 9.84 Å². The van der Waals surface area contributed by atoms with Crippen molar-refractivity contribution < 1.29 is 23.2 Å². The van der Waals surface area contributed by atoms with Gasteiger partial charge in [-0.15, -0.1) is 0 Å². The van der Waals surface area contributed by atoms with Gasteiger partial charge in [0.25, 0.3) is 5.69 Å². The van der Waals surface area contributed by atoms with Crippen LogP contribution in [-0.4, -0.2) is 49.6 Å². The molecule has 1 aromatic rings.